The molecule has 0 spiro atoms. The van der Waals surface area contributed by atoms with E-state index in [2.05, 4.69) is 5.32 Å². The van der Waals surface area contributed by atoms with Gasteiger partial charge in [-0.05, 0) is 60.7 Å². The van der Waals surface area contributed by atoms with E-state index in [1.165, 1.54) is 7.11 Å². The van der Waals surface area contributed by atoms with E-state index >= 15 is 0 Å². The summed E-state index contributed by atoms with van der Waals surface area (Å²) in [6, 6.07) is 20.4. The summed E-state index contributed by atoms with van der Waals surface area (Å²) >= 11 is 11.8. The molecule has 1 amide bonds. The van der Waals surface area contributed by atoms with E-state index in [9.17, 15) is 9.59 Å². The summed E-state index contributed by atoms with van der Waals surface area (Å²) in [6.45, 7) is 0. The monoisotopic (exact) mass is 457 g/mol. The summed E-state index contributed by atoms with van der Waals surface area (Å²) in [5.41, 5.74) is 1.52. The molecule has 0 aliphatic heterocycles. The van der Waals surface area contributed by atoms with Gasteiger partial charge in [-0.1, -0.05) is 23.7 Å². The molecular weight excluding hydrogens is 437 g/mol. The highest BCUT2D eigenvalue weighted by Crippen LogP contribution is 2.23. The second-order valence-corrected chi connectivity index (χ2v) is 7.45. The summed E-state index contributed by atoms with van der Waals surface area (Å²) in [5, 5.41) is 3.37. The summed E-state index contributed by atoms with van der Waals surface area (Å²) in [5.74, 6) is 0.795. The molecular formula is C24H21Cl2NO4. The Hall–Kier alpha value is -3.02. The number of carbonyl (C=O) groups is 2. The first-order valence-corrected chi connectivity index (χ1v) is 10.5. The van der Waals surface area contributed by atoms with Gasteiger partial charge in [0.1, 0.15) is 11.5 Å². The second-order valence-electron chi connectivity index (χ2n) is 6.63. The Morgan fingerprint density at radius 3 is 2.29 bits per heavy atom. The molecule has 1 atom stereocenters. The molecule has 3 aromatic carbocycles. The van der Waals surface area contributed by atoms with E-state index in [1.807, 2.05) is 0 Å². The minimum Gasteiger partial charge on any atom is -0.496 e. The number of halogens is 2. The molecule has 160 valence electrons. The van der Waals surface area contributed by atoms with Gasteiger partial charge in [-0.25, -0.2) is 0 Å². The van der Waals surface area contributed by atoms with Gasteiger partial charge in [0, 0.05) is 28.6 Å². The number of Topliss-reactive ketones (excluding diaryl/α,β-unsaturated/α-hetero) is 1. The molecule has 0 aromatic heterocycles. The molecule has 0 bridgehead atoms. The maximum atomic E-state index is 12.8. The van der Waals surface area contributed by atoms with Crippen molar-refractivity contribution in [2.75, 3.05) is 18.3 Å². The summed E-state index contributed by atoms with van der Waals surface area (Å²) in [7, 11) is 1.51. The lowest BCUT2D eigenvalue weighted by Crippen LogP contribution is -2.28. The predicted octanol–water partition coefficient (Wildman–Crippen LogP) is 5.86. The lowest BCUT2D eigenvalue weighted by Gasteiger charge is -2.18. The number of benzene rings is 3. The van der Waals surface area contributed by atoms with Crippen LogP contribution in [-0.2, 0) is 0 Å². The van der Waals surface area contributed by atoms with Gasteiger partial charge >= 0.3 is 0 Å². The van der Waals surface area contributed by atoms with Crippen LogP contribution in [0.25, 0.3) is 0 Å². The first-order chi connectivity index (χ1) is 15.0. The Labute approximate surface area is 190 Å². The largest absolute Gasteiger partial charge is 0.496 e. The van der Waals surface area contributed by atoms with E-state index in [-0.39, 0.29) is 17.6 Å². The lowest BCUT2D eigenvalue weighted by molar-refractivity contribution is 0.0787. The molecule has 0 saturated heterocycles. The van der Waals surface area contributed by atoms with Gasteiger partial charge in [0.25, 0.3) is 5.91 Å². The summed E-state index contributed by atoms with van der Waals surface area (Å²) in [4.78, 5) is 25.3. The minimum absolute atomic E-state index is 0.175. The van der Waals surface area contributed by atoms with Crippen molar-refractivity contribution in [1.82, 2.24) is 0 Å². The smallest absolute Gasteiger partial charge is 0.259 e. The van der Waals surface area contributed by atoms with Crippen LogP contribution in [0.5, 0.6) is 11.5 Å². The fourth-order valence-corrected chi connectivity index (χ4v) is 3.28. The lowest BCUT2D eigenvalue weighted by atomic mass is 10.0. The van der Waals surface area contributed by atoms with Crippen molar-refractivity contribution in [2.45, 2.75) is 12.5 Å². The maximum absolute atomic E-state index is 12.8. The molecule has 0 saturated carbocycles. The van der Waals surface area contributed by atoms with Gasteiger partial charge in [-0.2, -0.15) is 0 Å². The van der Waals surface area contributed by atoms with Gasteiger partial charge < -0.3 is 14.8 Å². The molecule has 0 fully saturated rings. The Morgan fingerprint density at radius 2 is 1.65 bits per heavy atom. The van der Waals surface area contributed by atoms with E-state index < -0.39 is 6.10 Å². The average molecular weight is 458 g/mol. The van der Waals surface area contributed by atoms with Crippen molar-refractivity contribution in [3.63, 3.8) is 0 Å². The number of hydrogen-bond acceptors (Lipinski definition) is 4. The predicted molar refractivity (Wildman–Crippen MR) is 123 cm³/mol. The van der Waals surface area contributed by atoms with Crippen LogP contribution in [0.4, 0.5) is 5.69 Å². The number of ketones is 1. The highest BCUT2D eigenvalue weighted by Gasteiger charge is 2.22. The number of alkyl halides is 1. The minimum atomic E-state index is -0.729. The summed E-state index contributed by atoms with van der Waals surface area (Å²) < 4.78 is 11.1. The first-order valence-electron chi connectivity index (χ1n) is 9.58. The van der Waals surface area contributed by atoms with Crippen LogP contribution in [0, 0.1) is 0 Å². The van der Waals surface area contributed by atoms with Crippen LogP contribution in [0.1, 0.15) is 27.1 Å². The van der Waals surface area contributed by atoms with E-state index in [0.29, 0.717) is 39.8 Å². The van der Waals surface area contributed by atoms with Gasteiger partial charge in [0.2, 0.25) is 5.78 Å². The zero-order chi connectivity index (χ0) is 22.2. The van der Waals surface area contributed by atoms with E-state index in [1.54, 1.807) is 72.8 Å². The standard InChI is InChI=1S/C24H21Cl2NO4/c1-30-21-5-3-2-4-20(21)24(29)27-18-10-12-19(13-11-18)31-22(14-15-25)23(28)16-6-8-17(26)9-7-16/h2-13,22H,14-15H2,1H3,(H,27,29). The normalized spacial score (nSPS) is 11.5. The number of para-hydroxylation sites is 1. The first kappa shape index (κ1) is 22.7. The van der Waals surface area contributed by atoms with E-state index in [4.69, 9.17) is 32.7 Å². The van der Waals surface area contributed by atoms with Crippen molar-refractivity contribution in [3.8, 4) is 11.5 Å². The third kappa shape index (κ3) is 6.00. The van der Waals surface area contributed by atoms with Gasteiger partial charge in [-0.15, -0.1) is 11.6 Å². The fraction of sp³-hybridized carbons (Fsp3) is 0.167. The quantitative estimate of drug-likeness (QED) is 0.322. The number of rotatable bonds is 9. The zero-order valence-corrected chi connectivity index (χ0v) is 18.3. The van der Waals surface area contributed by atoms with Gasteiger partial charge in [-0.3, -0.25) is 9.59 Å². The number of carbonyl (C=O) groups excluding carboxylic acids is 2. The van der Waals surface area contributed by atoms with Gasteiger partial charge in [0.15, 0.2) is 6.10 Å². The molecule has 1 unspecified atom stereocenters. The van der Waals surface area contributed by atoms with Crippen LogP contribution >= 0.6 is 23.2 Å². The molecule has 0 heterocycles. The molecule has 7 heteroatoms. The van der Waals surface area contributed by atoms with Crippen LogP contribution < -0.4 is 14.8 Å². The van der Waals surface area contributed by atoms with Crippen molar-refractivity contribution in [3.05, 3.63) is 88.9 Å². The van der Waals surface area contributed by atoms with Crippen LogP contribution in [0.2, 0.25) is 5.02 Å². The highest BCUT2D eigenvalue weighted by molar-refractivity contribution is 6.30. The number of nitrogens with one attached hydrogen (secondary N) is 1. The Kier molecular flexibility index (Phi) is 7.93. The van der Waals surface area contributed by atoms with Crippen LogP contribution in [-0.4, -0.2) is 30.8 Å². The van der Waals surface area contributed by atoms with Crippen LogP contribution in [0.3, 0.4) is 0 Å². The fourth-order valence-electron chi connectivity index (χ4n) is 2.95. The topological polar surface area (TPSA) is 64.6 Å². The van der Waals surface area contributed by atoms with Crippen molar-refractivity contribution < 1.29 is 19.1 Å². The number of ether oxygens (including phenoxy) is 2. The molecule has 3 aromatic rings. The average Bonchev–Trinajstić information content (AvgIpc) is 2.80. The molecule has 1 N–H and O–H groups in total. The van der Waals surface area contributed by atoms with E-state index in [0.717, 1.165) is 0 Å². The molecule has 5 nitrogen and oxygen atoms in total. The number of methoxy groups -OCH3 is 1. The third-order valence-electron chi connectivity index (χ3n) is 4.53. The van der Waals surface area contributed by atoms with Crippen LogP contribution in [0.15, 0.2) is 72.8 Å². The molecule has 0 aliphatic rings. The molecule has 0 aliphatic carbocycles. The molecule has 31 heavy (non-hydrogen) atoms. The maximum Gasteiger partial charge on any atom is 0.259 e. The van der Waals surface area contributed by atoms with Crippen molar-refractivity contribution >= 4 is 40.6 Å². The number of hydrogen-bond donors (Lipinski definition) is 1. The Balaban J connectivity index is 1.68. The molecule has 3 rings (SSSR count). The van der Waals surface area contributed by atoms with Crippen molar-refractivity contribution in [2.24, 2.45) is 0 Å². The third-order valence-corrected chi connectivity index (χ3v) is 5.00. The zero-order valence-electron chi connectivity index (χ0n) is 16.8. The van der Waals surface area contributed by atoms with Crippen molar-refractivity contribution in [1.29, 1.82) is 0 Å². The number of amides is 1. The van der Waals surface area contributed by atoms with Gasteiger partial charge in [0.05, 0.1) is 12.7 Å². The number of anilines is 1. The molecule has 0 radical (unpaired) electrons. The highest BCUT2D eigenvalue weighted by atomic mass is 35.5. The SMILES string of the molecule is COc1ccccc1C(=O)Nc1ccc(OC(CCCl)C(=O)c2ccc(Cl)cc2)cc1. The Morgan fingerprint density at radius 1 is 0.968 bits per heavy atom. The second kappa shape index (κ2) is 10.8. The summed E-state index contributed by atoms with van der Waals surface area (Å²) in [6.07, 6.45) is -0.373. The Bertz CT molecular complexity index is 1040.